The lowest BCUT2D eigenvalue weighted by molar-refractivity contribution is 0.0375. The van der Waals surface area contributed by atoms with Gasteiger partial charge in [-0.1, -0.05) is 23.9 Å². The monoisotopic (exact) mass is 406 g/mol. The number of carbonyl (C=O) groups is 1. The van der Waals surface area contributed by atoms with Crippen LogP contribution in [-0.4, -0.2) is 55.3 Å². The largest absolute Gasteiger partial charge is 0.379 e. The number of rotatable bonds is 4. The third kappa shape index (κ3) is 4.55. The molecule has 2 amide bonds. The van der Waals surface area contributed by atoms with Crippen molar-refractivity contribution in [1.29, 1.82) is 0 Å². The summed E-state index contributed by atoms with van der Waals surface area (Å²) >= 11 is 1.65. The first-order chi connectivity index (χ1) is 12.8. The van der Waals surface area contributed by atoms with Crippen molar-refractivity contribution in [3.05, 3.63) is 42.6 Å². The molecule has 0 saturated carbocycles. The Balaban J connectivity index is 0.00000210. The molecule has 6 nitrogen and oxygen atoms in total. The summed E-state index contributed by atoms with van der Waals surface area (Å²) in [6.45, 7) is 5.17. The number of ether oxygens (including phenoxy) is 1. The van der Waals surface area contributed by atoms with E-state index in [1.165, 1.54) is 0 Å². The Hall–Kier alpha value is -1.80. The van der Waals surface area contributed by atoms with Crippen LogP contribution in [0.2, 0.25) is 0 Å². The van der Waals surface area contributed by atoms with Crippen LogP contribution in [0.15, 0.2) is 52.4 Å². The highest BCUT2D eigenvalue weighted by molar-refractivity contribution is 7.99. The number of para-hydroxylation sites is 1. The van der Waals surface area contributed by atoms with Crippen molar-refractivity contribution >= 4 is 41.7 Å². The Morgan fingerprint density at radius 3 is 2.78 bits per heavy atom. The molecule has 3 heterocycles. The summed E-state index contributed by atoms with van der Waals surface area (Å²) in [5.41, 5.74) is 0.884. The number of nitrogens with zero attached hydrogens (tertiary/aromatic N) is 3. The molecule has 144 valence electrons. The number of fused-ring (bicyclic) bond motifs is 2. The van der Waals surface area contributed by atoms with Crippen molar-refractivity contribution < 1.29 is 9.53 Å². The number of urea groups is 1. The maximum Gasteiger partial charge on any atom is 0.327 e. The molecular weight excluding hydrogens is 384 g/mol. The second-order valence-electron chi connectivity index (χ2n) is 6.27. The number of benzene rings is 1. The van der Waals surface area contributed by atoms with Crippen LogP contribution in [0.1, 0.15) is 6.42 Å². The summed E-state index contributed by atoms with van der Waals surface area (Å²) in [4.78, 5) is 23.5. The molecule has 1 N–H and O–H groups in total. The van der Waals surface area contributed by atoms with Crippen LogP contribution in [0, 0.1) is 0 Å². The SMILES string of the molecule is Cl.O=C(NCCCN1CCOCC1)N1c2ccccc2Sc2cccnc21. The van der Waals surface area contributed by atoms with Gasteiger partial charge in [-0.25, -0.2) is 14.7 Å². The predicted molar refractivity (Wildman–Crippen MR) is 109 cm³/mol. The summed E-state index contributed by atoms with van der Waals surface area (Å²) in [5.74, 6) is 0.696. The van der Waals surface area contributed by atoms with E-state index < -0.39 is 0 Å². The third-order valence-electron chi connectivity index (χ3n) is 4.52. The number of morpholine rings is 1. The highest BCUT2D eigenvalue weighted by atomic mass is 35.5. The first kappa shape index (κ1) is 19.9. The van der Waals surface area contributed by atoms with E-state index >= 15 is 0 Å². The number of halogens is 1. The third-order valence-corrected chi connectivity index (χ3v) is 5.63. The molecule has 2 aliphatic heterocycles. The Morgan fingerprint density at radius 1 is 1.15 bits per heavy atom. The van der Waals surface area contributed by atoms with Crippen LogP contribution in [-0.2, 0) is 4.74 Å². The topological polar surface area (TPSA) is 57.7 Å². The highest BCUT2D eigenvalue weighted by Crippen LogP contribution is 2.46. The molecule has 27 heavy (non-hydrogen) atoms. The van der Waals surface area contributed by atoms with Gasteiger partial charge in [0.2, 0.25) is 0 Å². The fraction of sp³-hybridized carbons (Fsp3) is 0.368. The van der Waals surface area contributed by atoms with E-state index in [1.54, 1.807) is 22.9 Å². The van der Waals surface area contributed by atoms with Crippen LogP contribution < -0.4 is 10.2 Å². The normalized spacial score (nSPS) is 16.1. The number of hydrogen-bond donors (Lipinski definition) is 1. The van der Waals surface area contributed by atoms with Gasteiger partial charge in [0.25, 0.3) is 0 Å². The van der Waals surface area contributed by atoms with Crippen molar-refractivity contribution in [3.8, 4) is 0 Å². The molecule has 0 bridgehead atoms. The number of carbonyl (C=O) groups excluding carboxylic acids is 1. The van der Waals surface area contributed by atoms with Gasteiger partial charge in [0.15, 0.2) is 5.82 Å². The molecule has 0 aliphatic carbocycles. The number of anilines is 2. The van der Waals surface area contributed by atoms with Crippen LogP contribution in [0.3, 0.4) is 0 Å². The zero-order chi connectivity index (χ0) is 17.8. The number of hydrogen-bond acceptors (Lipinski definition) is 5. The molecule has 1 aromatic carbocycles. The lowest BCUT2D eigenvalue weighted by atomic mass is 10.2. The quantitative estimate of drug-likeness (QED) is 0.787. The molecule has 4 rings (SSSR count). The van der Waals surface area contributed by atoms with Gasteiger partial charge in [-0.2, -0.15) is 0 Å². The molecule has 0 unspecified atom stereocenters. The van der Waals surface area contributed by atoms with Crippen LogP contribution in [0.4, 0.5) is 16.3 Å². The van der Waals surface area contributed by atoms with Gasteiger partial charge >= 0.3 is 6.03 Å². The van der Waals surface area contributed by atoms with Crippen molar-refractivity contribution in [1.82, 2.24) is 15.2 Å². The second-order valence-corrected chi connectivity index (χ2v) is 7.35. The fourth-order valence-electron chi connectivity index (χ4n) is 3.20. The van der Waals surface area contributed by atoms with Gasteiger partial charge in [-0.15, -0.1) is 12.4 Å². The van der Waals surface area contributed by atoms with Crippen molar-refractivity contribution in [3.63, 3.8) is 0 Å². The Bertz CT molecular complexity index is 740. The van der Waals surface area contributed by atoms with E-state index in [9.17, 15) is 4.79 Å². The predicted octanol–water partition coefficient (Wildman–Crippen LogP) is 3.54. The van der Waals surface area contributed by atoms with Gasteiger partial charge in [0.1, 0.15) is 0 Å². The standard InChI is InChI=1S/C19H22N4O2S.ClH/c24-19(21-9-4-10-22-11-13-25-14-12-22)23-15-5-1-2-6-16(15)26-17-7-3-8-20-18(17)23;/h1-3,5-8H,4,9-14H2,(H,21,24);1H. The Morgan fingerprint density at radius 2 is 1.93 bits per heavy atom. The average Bonchev–Trinajstić information content (AvgIpc) is 2.70. The van der Waals surface area contributed by atoms with E-state index in [0.29, 0.717) is 12.4 Å². The van der Waals surface area contributed by atoms with Gasteiger partial charge in [-0.05, 0) is 37.2 Å². The minimum absolute atomic E-state index is 0. The minimum atomic E-state index is -0.125. The lowest BCUT2D eigenvalue weighted by Gasteiger charge is -2.30. The first-order valence-corrected chi connectivity index (χ1v) is 9.74. The van der Waals surface area contributed by atoms with E-state index in [1.807, 2.05) is 36.4 Å². The summed E-state index contributed by atoms with van der Waals surface area (Å²) in [7, 11) is 0. The van der Waals surface area contributed by atoms with Crippen LogP contribution in [0.5, 0.6) is 0 Å². The minimum Gasteiger partial charge on any atom is -0.379 e. The smallest absolute Gasteiger partial charge is 0.327 e. The van der Waals surface area contributed by atoms with E-state index in [0.717, 1.165) is 54.7 Å². The molecule has 2 aromatic rings. The van der Waals surface area contributed by atoms with Gasteiger partial charge in [0, 0.05) is 30.7 Å². The van der Waals surface area contributed by atoms with Crippen molar-refractivity contribution in [2.24, 2.45) is 0 Å². The van der Waals surface area contributed by atoms with Crippen LogP contribution >= 0.6 is 24.2 Å². The molecule has 0 atom stereocenters. The van der Waals surface area contributed by atoms with Gasteiger partial charge in [0.05, 0.1) is 23.8 Å². The Kier molecular flexibility index (Phi) is 6.95. The number of nitrogens with one attached hydrogen (secondary N) is 1. The molecule has 1 fully saturated rings. The number of pyridine rings is 1. The molecular formula is C19H23ClN4O2S. The molecule has 2 aliphatic rings. The zero-order valence-electron chi connectivity index (χ0n) is 15.0. The van der Waals surface area contributed by atoms with E-state index in [2.05, 4.69) is 15.2 Å². The zero-order valence-corrected chi connectivity index (χ0v) is 16.6. The summed E-state index contributed by atoms with van der Waals surface area (Å²) < 4.78 is 5.36. The second kappa shape index (κ2) is 9.41. The van der Waals surface area contributed by atoms with Gasteiger partial charge in [-0.3, -0.25) is 4.90 Å². The van der Waals surface area contributed by atoms with Crippen LogP contribution in [0.25, 0.3) is 0 Å². The summed E-state index contributed by atoms with van der Waals surface area (Å²) in [6, 6.07) is 11.7. The maximum atomic E-state index is 12.9. The molecule has 8 heteroatoms. The molecule has 0 spiro atoms. The van der Waals surface area contributed by atoms with E-state index in [-0.39, 0.29) is 18.4 Å². The fourth-order valence-corrected chi connectivity index (χ4v) is 4.23. The number of aromatic nitrogens is 1. The Labute approximate surface area is 169 Å². The first-order valence-electron chi connectivity index (χ1n) is 8.93. The lowest BCUT2D eigenvalue weighted by Crippen LogP contribution is -2.41. The average molecular weight is 407 g/mol. The van der Waals surface area contributed by atoms with Crippen molar-refractivity contribution in [2.75, 3.05) is 44.3 Å². The summed E-state index contributed by atoms with van der Waals surface area (Å²) in [6.07, 6.45) is 2.65. The molecule has 1 aromatic heterocycles. The highest BCUT2D eigenvalue weighted by Gasteiger charge is 2.28. The van der Waals surface area contributed by atoms with Crippen molar-refractivity contribution in [2.45, 2.75) is 16.2 Å². The van der Waals surface area contributed by atoms with Gasteiger partial charge < -0.3 is 10.1 Å². The van der Waals surface area contributed by atoms with E-state index in [4.69, 9.17) is 4.74 Å². The summed E-state index contributed by atoms with van der Waals surface area (Å²) in [5, 5.41) is 3.05. The molecule has 1 saturated heterocycles. The number of amides is 2. The molecule has 0 radical (unpaired) electrons. The maximum absolute atomic E-state index is 12.9.